The van der Waals surface area contributed by atoms with Crippen molar-refractivity contribution in [2.24, 2.45) is 0 Å². The Morgan fingerprint density at radius 3 is 2.61 bits per heavy atom. The molecule has 146 valence electrons. The summed E-state index contributed by atoms with van der Waals surface area (Å²) in [5, 5.41) is 7.49. The fourth-order valence-corrected chi connectivity index (χ4v) is 3.11. The highest BCUT2D eigenvalue weighted by Gasteiger charge is 2.17. The van der Waals surface area contributed by atoms with Crippen LogP contribution >= 0.6 is 11.6 Å². The van der Waals surface area contributed by atoms with Crippen LogP contribution < -0.4 is 14.8 Å². The number of carbonyl (C=O) groups excluding carboxylic acids is 1. The standard InChI is InChI=1S/C20H21ClN4O3/c1-12-10-13(2)25(24-12)17-9-8-15(21)18(23-17)20(26)22-11-14-6-5-7-16(27-3)19(14)28-4/h5-10H,11H2,1-4H3,(H,22,26). The third-order valence-corrected chi connectivity index (χ3v) is 4.50. The molecule has 8 heteroatoms. The van der Waals surface area contributed by atoms with Crippen molar-refractivity contribution in [3.63, 3.8) is 0 Å². The molecule has 7 nitrogen and oxygen atoms in total. The zero-order valence-electron chi connectivity index (χ0n) is 16.1. The van der Waals surface area contributed by atoms with E-state index in [2.05, 4.69) is 15.4 Å². The van der Waals surface area contributed by atoms with Gasteiger partial charge in [0.2, 0.25) is 0 Å². The van der Waals surface area contributed by atoms with E-state index in [0.29, 0.717) is 17.3 Å². The number of hydrogen-bond acceptors (Lipinski definition) is 5. The van der Waals surface area contributed by atoms with Gasteiger partial charge < -0.3 is 14.8 Å². The third kappa shape index (κ3) is 3.94. The predicted molar refractivity (Wildman–Crippen MR) is 107 cm³/mol. The molecule has 0 fully saturated rings. The zero-order valence-corrected chi connectivity index (χ0v) is 16.9. The highest BCUT2D eigenvalue weighted by Crippen LogP contribution is 2.30. The number of para-hydroxylation sites is 1. The molecular formula is C20H21ClN4O3. The van der Waals surface area contributed by atoms with Crippen LogP contribution in [0.15, 0.2) is 36.4 Å². The molecule has 3 rings (SSSR count). The highest BCUT2D eigenvalue weighted by atomic mass is 35.5. The monoisotopic (exact) mass is 400 g/mol. The van der Waals surface area contributed by atoms with Crippen molar-refractivity contribution in [2.45, 2.75) is 20.4 Å². The number of halogens is 1. The Morgan fingerprint density at radius 1 is 1.18 bits per heavy atom. The molecule has 0 saturated heterocycles. The van der Waals surface area contributed by atoms with Crippen molar-refractivity contribution in [1.82, 2.24) is 20.1 Å². The minimum Gasteiger partial charge on any atom is -0.493 e. The molecule has 1 aromatic carbocycles. The van der Waals surface area contributed by atoms with Gasteiger partial charge in [-0.25, -0.2) is 9.67 Å². The van der Waals surface area contributed by atoms with E-state index in [9.17, 15) is 4.79 Å². The van der Waals surface area contributed by atoms with Crippen LogP contribution in [0.2, 0.25) is 5.02 Å². The van der Waals surface area contributed by atoms with E-state index in [1.54, 1.807) is 37.1 Å². The van der Waals surface area contributed by atoms with E-state index in [1.807, 2.05) is 32.0 Å². The summed E-state index contributed by atoms with van der Waals surface area (Å²) in [6.45, 7) is 4.06. The quantitative estimate of drug-likeness (QED) is 0.685. The summed E-state index contributed by atoms with van der Waals surface area (Å²) in [6.07, 6.45) is 0. The number of ether oxygens (including phenoxy) is 2. The molecule has 1 amide bonds. The van der Waals surface area contributed by atoms with Crippen molar-refractivity contribution in [3.05, 3.63) is 64.1 Å². The van der Waals surface area contributed by atoms with Crippen molar-refractivity contribution in [2.75, 3.05) is 14.2 Å². The Balaban J connectivity index is 1.84. The van der Waals surface area contributed by atoms with Crippen molar-refractivity contribution in [3.8, 4) is 17.3 Å². The van der Waals surface area contributed by atoms with Crippen molar-refractivity contribution in [1.29, 1.82) is 0 Å². The number of carbonyl (C=O) groups is 1. The number of rotatable bonds is 6. The average molecular weight is 401 g/mol. The molecule has 0 aliphatic carbocycles. The fraction of sp³-hybridized carbons (Fsp3) is 0.250. The van der Waals surface area contributed by atoms with E-state index in [4.69, 9.17) is 21.1 Å². The molecule has 1 N–H and O–H groups in total. The molecule has 0 unspecified atom stereocenters. The topological polar surface area (TPSA) is 78.3 Å². The maximum absolute atomic E-state index is 12.7. The first kappa shape index (κ1) is 19.7. The van der Waals surface area contributed by atoms with Gasteiger partial charge in [-0.05, 0) is 38.1 Å². The highest BCUT2D eigenvalue weighted by molar-refractivity contribution is 6.33. The predicted octanol–water partition coefficient (Wildman–Crippen LogP) is 3.48. The van der Waals surface area contributed by atoms with Gasteiger partial charge in [-0.3, -0.25) is 4.79 Å². The number of methoxy groups -OCH3 is 2. The lowest BCUT2D eigenvalue weighted by molar-refractivity contribution is 0.0945. The Bertz CT molecular complexity index is 1020. The van der Waals surface area contributed by atoms with Crippen LogP contribution in [0.4, 0.5) is 0 Å². The normalized spacial score (nSPS) is 10.6. The molecule has 2 aromatic heterocycles. The number of aromatic nitrogens is 3. The second kappa shape index (κ2) is 8.31. The summed E-state index contributed by atoms with van der Waals surface area (Å²) >= 11 is 6.21. The first-order valence-corrected chi connectivity index (χ1v) is 9.00. The lowest BCUT2D eigenvalue weighted by atomic mass is 10.2. The maximum atomic E-state index is 12.7. The number of nitrogens with one attached hydrogen (secondary N) is 1. The zero-order chi connectivity index (χ0) is 20.3. The summed E-state index contributed by atoms with van der Waals surface area (Å²) in [5.74, 6) is 1.30. The first-order chi connectivity index (χ1) is 13.4. The summed E-state index contributed by atoms with van der Waals surface area (Å²) in [6, 6.07) is 10.8. The van der Waals surface area contributed by atoms with Gasteiger partial charge in [-0.2, -0.15) is 5.10 Å². The molecule has 3 aromatic rings. The van der Waals surface area contributed by atoms with Crippen molar-refractivity contribution >= 4 is 17.5 Å². The molecule has 0 aliphatic rings. The van der Waals surface area contributed by atoms with Gasteiger partial charge in [-0.1, -0.05) is 23.7 Å². The van der Waals surface area contributed by atoms with Gasteiger partial charge in [0.05, 0.1) is 24.9 Å². The number of amides is 1. The van der Waals surface area contributed by atoms with Crippen molar-refractivity contribution < 1.29 is 14.3 Å². The summed E-state index contributed by atoms with van der Waals surface area (Å²) in [7, 11) is 3.12. The van der Waals surface area contributed by atoms with Gasteiger partial charge >= 0.3 is 0 Å². The van der Waals surface area contributed by atoms with Gasteiger partial charge in [-0.15, -0.1) is 0 Å². The van der Waals surface area contributed by atoms with E-state index < -0.39 is 5.91 Å². The molecule has 0 bridgehead atoms. The third-order valence-electron chi connectivity index (χ3n) is 4.20. The van der Waals surface area contributed by atoms with E-state index in [0.717, 1.165) is 17.0 Å². The van der Waals surface area contributed by atoms with Crippen LogP contribution in [0.3, 0.4) is 0 Å². The Labute approximate surface area is 168 Å². The minimum absolute atomic E-state index is 0.133. The number of nitrogens with zero attached hydrogens (tertiary/aromatic N) is 3. The van der Waals surface area contributed by atoms with E-state index in [-0.39, 0.29) is 17.3 Å². The fourth-order valence-electron chi connectivity index (χ4n) is 2.92. The minimum atomic E-state index is -0.391. The van der Waals surface area contributed by atoms with Crippen LogP contribution in [-0.4, -0.2) is 34.9 Å². The molecule has 0 aliphatic heterocycles. The van der Waals surface area contributed by atoms with Gasteiger partial charge in [0.15, 0.2) is 17.3 Å². The summed E-state index contributed by atoms with van der Waals surface area (Å²) in [5.41, 5.74) is 2.69. The number of pyridine rings is 1. The van der Waals surface area contributed by atoms with Crippen LogP contribution in [0.25, 0.3) is 5.82 Å². The van der Waals surface area contributed by atoms with Gasteiger partial charge in [0.25, 0.3) is 5.91 Å². The Kier molecular flexibility index (Phi) is 5.84. The van der Waals surface area contributed by atoms with Crippen LogP contribution in [-0.2, 0) is 6.54 Å². The van der Waals surface area contributed by atoms with Crippen LogP contribution in [0, 0.1) is 13.8 Å². The number of aryl methyl sites for hydroxylation is 2. The number of benzene rings is 1. The summed E-state index contributed by atoms with van der Waals surface area (Å²) < 4.78 is 12.4. The number of hydrogen-bond donors (Lipinski definition) is 1. The Morgan fingerprint density at radius 2 is 1.96 bits per heavy atom. The van der Waals surface area contributed by atoms with E-state index >= 15 is 0 Å². The SMILES string of the molecule is COc1cccc(CNC(=O)c2nc(-n3nc(C)cc3C)ccc2Cl)c1OC. The largest absolute Gasteiger partial charge is 0.493 e. The molecule has 0 saturated carbocycles. The Hall–Kier alpha value is -3.06. The lowest BCUT2D eigenvalue weighted by Crippen LogP contribution is -2.25. The molecule has 28 heavy (non-hydrogen) atoms. The smallest absolute Gasteiger partial charge is 0.271 e. The van der Waals surface area contributed by atoms with Gasteiger partial charge in [0.1, 0.15) is 5.69 Å². The van der Waals surface area contributed by atoms with Crippen LogP contribution in [0.1, 0.15) is 27.4 Å². The first-order valence-electron chi connectivity index (χ1n) is 8.63. The second-order valence-electron chi connectivity index (χ2n) is 6.17. The summed E-state index contributed by atoms with van der Waals surface area (Å²) in [4.78, 5) is 17.1. The molecule has 0 spiro atoms. The molecular weight excluding hydrogens is 380 g/mol. The lowest BCUT2D eigenvalue weighted by Gasteiger charge is -2.13. The molecule has 0 radical (unpaired) electrons. The molecule has 0 atom stereocenters. The second-order valence-corrected chi connectivity index (χ2v) is 6.58. The van der Waals surface area contributed by atoms with Gasteiger partial charge in [0, 0.05) is 17.8 Å². The average Bonchev–Trinajstić information content (AvgIpc) is 3.04. The molecule has 2 heterocycles. The maximum Gasteiger partial charge on any atom is 0.271 e. The van der Waals surface area contributed by atoms with Crippen LogP contribution in [0.5, 0.6) is 11.5 Å². The van der Waals surface area contributed by atoms with E-state index in [1.165, 1.54) is 0 Å².